The number of alkyl halides is 3. The normalized spacial score (nSPS) is 13.1. The maximum absolute atomic E-state index is 11.9. The molecular formula is C14H17F3O3. The van der Waals surface area contributed by atoms with Crippen LogP contribution >= 0.6 is 0 Å². The van der Waals surface area contributed by atoms with Gasteiger partial charge in [-0.25, -0.2) is 0 Å². The van der Waals surface area contributed by atoms with Crippen LogP contribution in [0.1, 0.15) is 30.1 Å². The van der Waals surface area contributed by atoms with Gasteiger partial charge in [0.15, 0.2) is 5.78 Å². The van der Waals surface area contributed by atoms with E-state index in [1.165, 1.54) is 14.0 Å². The molecule has 112 valence electrons. The van der Waals surface area contributed by atoms with Crippen molar-refractivity contribution in [3.63, 3.8) is 0 Å². The molecule has 0 aliphatic heterocycles. The number of benzene rings is 1. The summed E-state index contributed by atoms with van der Waals surface area (Å²) in [5.41, 5.74) is 0.439. The zero-order valence-electron chi connectivity index (χ0n) is 11.4. The van der Waals surface area contributed by atoms with Gasteiger partial charge in [0.05, 0.1) is 7.11 Å². The van der Waals surface area contributed by atoms with Gasteiger partial charge in [0, 0.05) is 18.6 Å². The topological polar surface area (TPSA) is 35.5 Å². The molecule has 1 aromatic rings. The molecule has 0 N–H and O–H groups in total. The molecule has 0 radical (unpaired) electrons. The van der Waals surface area contributed by atoms with Gasteiger partial charge in [-0.15, -0.1) is 0 Å². The Morgan fingerprint density at radius 3 is 2.35 bits per heavy atom. The van der Waals surface area contributed by atoms with Crippen molar-refractivity contribution in [3.8, 4) is 5.75 Å². The monoisotopic (exact) mass is 290 g/mol. The lowest BCUT2D eigenvalue weighted by molar-refractivity contribution is -0.138. The molecule has 1 rings (SSSR count). The van der Waals surface area contributed by atoms with Crippen molar-refractivity contribution in [2.24, 2.45) is 0 Å². The number of hydrogen-bond acceptors (Lipinski definition) is 3. The minimum atomic E-state index is -4.19. The zero-order chi connectivity index (χ0) is 15.2. The molecule has 3 nitrogen and oxygen atoms in total. The molecule has 0 saturated heterocycles. The second kappa shape index (κ2) is 7.28. The number of ketones is 1. The predicted octanol–water partition coefficient (Wildman–Crippen LogP) is 3.63. The summed E-state index contributed by atoms with van der Waals surface area (Å²) in [7, 11) is 1.52. The summed E-state index contributed by atoms with van der Waals surface area (Å²) < 4.78 is 45.9. The molecule has 6 heteroatoms. The molecule has 0 aliphatic carbocycles. The van der Waals surface area contributed by atoms with E-state index in [4.69, 9.17) is 9.47 Å². The van der Waals surface area contributed by atoms with E-state index < -0.39 is 18.7 Å². The van der Waals surface area contributed by atoms with Crippen LogP contribution in [0.25, 0.3) is 0 Å². The van der Waals surface area contributed by atoms with Crippen LogP contribution in [0.15, 0.2) is 24.3 Å². The number of methoxy groups -OCH3 is 1. The summed E-state index contributed by atoms with van der Waals surface area (Å²) in [6.45, 7) is 1.43. The van der Waals surface area contributed by atoms with Gasteiger partial charge in [0.25, 0.3) is 0 Å². The highest BCUT2D eigenvalue weighted by molar-refractivity contribution is 5.99. The first-order valence-corrected chi connectivity index (χ1v) is 6.20. The van der Waals surface area contributed by atoms with Crippen LogP contribution < -0.4 is 4.74 Å². The maximum Gasteiger partial charge on any atom is 0.389 e. The lowest BCUT2D eigenvalue weighted by atomic mass is 10.1. The fraction of sp³-hybridized carbons (Fsp3) is 0.500. The third-order valence-electron chi connectivity index (χ3n) is 2.72. The first-order valence-electron chi connectivity index (χ1n) is 6.20. The highest BCUT2D eigenvalue weighted by atomic mass is 19.4. The molecule has 0 amide bonds. The summed E-state index contributed by atoms with van der Waals surface area (Å²) in [4.78, 5) is 11.9. The Morgan fingerprint density at radius 1 is 1.25 bits per heavy atom. The fourth-order valence-corrected chi connectivity index (χ4v) is 1.60. The Kier molecular flexibility index (Phi) is 6.01. The summed E-state index contributed by atoms with van der Waals surface area (Å²) >= 11 is 0. The average Bonchev–Trinajstić information content (AvgIpc) is 2.41. The van der Waals surface area contributed by atoms with Crippen molar-refractivity contribution in [1.29, 1.82) is 0 Å². The van der Waals surface area contributed by atoms with E-state index in [2.05, 4.69) is 0 Å². The highest BCUT2D eigenvalue weighted by Gasteiger charge is 2.26. The first kappa shape index (κ1) is 16.5. The van der Waals surface area contributed by atoms with E-state index in [1.54, 1.807) is 24.3 Å². The molecule has 20 heavy (non-hydrogen) atoms. The van der Waals surface area contributed by atoms with E-state index >= 15 is 0 Å². The molecule has 1 aromatic carbocycles. The van der Waals surface area contributed by atoms with E-state index in [0.717, 1.165) is 0 Å². The van der Waals surface area contributed by atoms with Gasteiger partial charge in [0.1, 0.15) is 11.9 Å². The number of halogens is 3. The van der Waals surface area contributed by atoms with Crippen molar-refractivity contribution < 1.29 is 27.4 Å². The summed E-state index contributed by atoms with van der Waals surface area (Å²) in [6.07, 6.45) is -6.01. The van der Waals surface area contributed by atoms with Crippen LogP contribution in [-0.2, 0) is 4.74 Å². The first-order chi connectivity index (χ1) is 9.33. The number of carbonyl (C=O) groups excluding carboxylic acids is 1. The highest BCUT2D eigenvalue weighted by Crippen LogP contribution is 2.21. The SMILES string of the molecule is COc1ccc(C(=O)C(C)OCCCC(F)(F)F)cc1. The van der Waals surface area contributed by atoms with E-state index in [0.29, 0.717) is 11.3 Å². The molecule has 0 bridgehead atoms. The Labute approximate surface area is 115 Å². The molecule has 0 aromatic heterocycles. The largest absolute Gasteiger partial charge is 0.497 e. The summed E-state index contributed by atoms with van der Waals surface area (Å²) in [5, 5.41) is 0. The zero-order valence-corrected chi connectivity index (χ0v) is 11.4. The van der Waals surface area contributed by atoms with Crippen LogP contribution in [-0.4, -0.2) is 31.8 Å². The Balaban J connectivity index is 2.42. The number of rotatable bonds is 7. The van der Waals surface area contributed by atoms with Crippen LogP contribution in [0, 0.1) is 0 Å². The van der Waals surface area contributed by atoms with E-state index in [-0.39, 0.29) is 18.8 Å². The molecule has 1 atom stereocenters. The third kappa shape index (κ3) is 5.61. The van der Waals surface area contributed by atoms with Gasteiger partial charge in [-0.2, -0.15) is 13.2 Å². The van der Waals surface area contributed by atoms with E-state index in [9.17, 15) is 18.0 Å². The van der Waals surface area contributed by atoms with Crippen molar-refractivity contribution in [2.75, 3.05) is 13.7 Å². The second-order valence-electron chi connectivity index (χ2n) is 4.32. The number of hydrogen-bond donors (Lipinski definition) is 0. The average molecular weight is 290 g/mol. The van der Waals surface area contributed by atoms with Crippen LogP contribution in [0.2, 0.25) is 0 Å². The molecule has 1 unspecified atom stereocenters. The van der Waals surface area contributed by atoms with Crippen LogP contribution in [0.3, 0.4) is 0 Å². The standard InChI is InChI=1S/C14H17F3O3/c1-10(20-9-3-8-14(15,16)17)13(18)11-4-6-12(19-2)7-5-11/h4-7,10H,3,8-9H2,1-2H3. The van der Waals surface area contributed by atoms with Crippen molar-refractivity contribution in [1.82, 2.24) is 0 Å². The van der Waals surface area contributed by atoms with Crippen LogP contribution in [0.5, 0.6) is 5.75 Å². The lowest BCUT2D eigenvalue weighted by Gasteiger charge is -2.13. The third-order valence-corrected chi connectivity index (χ3v) is 2.72. The lowest BCUT2D eigenvalue weighted by Crippen LogP contribution is -2.22. The van der Waals surface area contributed by atoms with Crippen molar-refractivity contribution in [2.45, 2.75) is 32.0 Å². The van der Waals surface area contributed by atoms with Gasteiger partial charge >= 0.3 is 6.18 Å². The molecule has 0 aliphatic rings. The van der Waals surface area contributed by atoms with Gasteiger partial charge in [-0.05, 0) is 37.6 Å². The molecule has 0 fully saturated rings. The van der Waals surface area contributed by atoms with Gasteiger partial charge in [-0.1, -0.05) is 0 Å². The summed E-state index contributed by atoms with van der Waals surface area (Å²) in [6, 6.07) is 6.47. The number of Topliss-reactive ketones (excluding diaryl/α,β-unsaturated/α-hetero) is 1. The van der Waals surface area contributed by atoms with Gasteiger partial charge in [-0.3, -0.25) is 4.79 Å². The molecule has 0 heterocycles. The molecule has 0 saturated carbocycles. The van der Waals surface area contributed by atoms with Gasteiger partial charge < -0.3 is 9.47 Å². The van der Waals surface area contributed by atoms with Gasteiger partial charge in [0.2, 0.25) is 0 Å². The molecule has 0 spiro atoms. The predicted molar refractivity (Wildman–Crippen MR) is 68.0 cm³/mol. The smallest absolute Gasteiger partial charge is 0.389 e. The summed E-state index contributed by atoms with van der Waals surface area (Å²) in [5.74, 6) is 0.361. The van der Waals surface area contributed by atoms with Crippen molar-refractivity contribution in [3.05, 3.63) is 29.8 Å². The van der Waals surface area contributed by atoms with Crippen LogP contribution in [0.4, 0.5) is 13.2 Å². The minimum absolute atomic E-state index is 0.0947. The second-order valence-corrected chi connectivity index (χ2v) is 4.32. The Morgan fingerprint density at radius 2 is 1.85 bits per heavy atom. The molecular weight excluding hydrogens is 273 g/mol. The van der Waals surface area contributed by atoms with Crippen molar-refractivity contribution >= 4 is 5.78 Å². The Hall–Kier alpha value is -1.56. The quantitative estimate of drug-likeness (QED) is 0.568. The number of ether oxygens (including phenoxy) is 2. The maximum atomic E-state index is 11.9. The minimum Gasteiger partial charge on any atom is -0.497 e. The van der Waals surface area contributed by atoms with E-state index in [1.807, 2.05) is 0 Å². The Bertz CT molecular complexity index is 426. The fourth-order valence-electron chi connectivity index (χ4n) is 1.60. The number of carbonyl (C=O) groups is 1.